The van der Waals surface area contributed by atoms with Gasteiger partial charge in [-0.05, 0) is 17.9 Å². The number of rotatable bonds is 5. The Bertz CT molecular complexity index is 904. The van der Waals surface area contributed by atoms with Gasteiger partial charge in [-0.15, -0.1) is 0 Å². The molecule has 1 fully saturated rings. The van der Waals surface area contributed by atoms with Crippen LogP contribution in [0, 0.1) is 11.8 Å². The Hall–Kier alpha value is -2.31. The predicted octanol–water partition coefficient (Wildman–Crippen LogP) is 3.22. The van der Waals surface area contributed by atoms with Crippen LogP contribution in [0.25, 0.3) is 22.4 Å². The number of fused-ring (bicyclic) bond motifs is 1. The minimum Gasteiger partial charge on any atom is -0.394 e. The van der Waals surface area contributed by atoms with Crippen LogP contribution in [0.1, 0.15) is 32.6 Å². The molecule has 1 aliphatic rings. The zero-order valence-electron chi connectivity index (χ0n) is 15.3. The van der Waals surface area contributed by atoms with Gasteiger partial charge in [-0.3, -0.25) is 4.57 Å². The van der Waals surface area contributed by atoms with Gasteiger partial charge in [0.05, 0.1) is 19.0 Å². The highest BCUT2D eigenvalue weighted by atomic mass is 16.5. The summed E-state index contributed by atoms with van der Waals surface area (Å²) in [5.74, 6) is 0.848. The molecule has 6 nitrogen and oxygen atoms in total. The Labute approximate surface area is 152 Å². The number of ether oxygens (including phenoxy) is 1. The maximum absolute atomic E-state index is 9.28. The normalized spacial score (nSPS) is 22.7. The van der Waals surface area contributed by atoms with Gasteiger partial charge in [0.25, 0.3) is 0 Å². The minimum atomic E-state index is -0.145. The molecule has 0 bridgehead atoms. The van der Waals surface area contributed by atoms with E-state index in [1.165, 1.54) is 5.56 Å². The highest BCUT2D eigenvalue weighted by molar-refractivity contribution is 5.87. The third kappa shape index (κ3) is 2.89. The second kappa shape index (κ2) is 6.78. The lowest BCUT2D eigenvalue weighted by Crippen LogP contribution is -2.45. The molecule has 1 saturated heterocycles. The number of hydrogen-bond acceptors (Lipinski definition) is 5. The summed E-state index contributed by atoms with van der Waals surface area (Å²) in [5, 5.41) is 9.28. The first-order valence-electron chi connectivity index (χ1n) is 9.11. The molecule has 1 N–H and O–H groups in total. The topological polar surface area (TPSA) is 73.1 Å². The molecule has 3 unspecified atom stereocenters. The van der Waals surface area contributed by atoms with Crippen LogP contribution >= 0.6 is 0 Å². The van der Waals surface area contributed by atoms with E-state index in [2.05, 4.69) is 60.0 Å². The van der Waals surface area contributed by atoms with E-state index in [9.17, 15) is 5.11 Å². The van der Waals surface area contributed by atoms with Gasteiger partial charge in [0.1, 0.15) is 23.8 Å². The summed E-state index contributed by atoms with van der Waals surface area (Å²) in [5.41, 5.74) is 4.72. The largest absolute Gasteiger partial charge is 0.394 e. The van der Waals surface area contributed by atoms with Crippen LogP contribution in [0.2, 0.25) is 0 Å². The van der Waals surface area contributed by atoms with E-state index in [4.69, 9.17) is 4.74 Å². The van der Waals surface area contributed by atoms with E-state index >= 15 is 0 Å². The summed E-state index contributed by atoms with van der Waals surface area (Å²) >= 11 is 0. The average molecular weight is 352 g/mol. The lowest BCUT2D eigenvalue weighted by molar-refractivity contribution is -0.227. The number of hydrogen-bond donors (Lipinski definition) is 1. The third-order valence-electron chi connectivity index (χ3n) is 5.03. The molecule has 0 amide bonds. The Balaban J connectivity index is 1.67. The van der Waals surface area contributed by atoms with Gasteiger partial charge in [0.15, 0.2) is 5.65 Å². The Kier molecular flexibility index (Phi) is 4.46. The summed E-state index contributed by atoms with van der Waals surface area (Å²) in [6.07, 6.45) is 4.13. The van der Waals surface area contributed by atoms with Crippen molar-refractivity contribution in [2.75, 3.05) is 6.61 Å². The van der Waals surface area contributed by atoms with Gasteiger partial charge < -0.3 is 9.84 Å². The predicted molar refractivity (Wildman–Crippen MR) is 99.5 cm³/mol. The lowest BCUT2D eigenvalue weighted by atomic mass is 9.97. The first-order valence-corrected chi connectivity index (χ1v) is 9.11. The number of imidazole rings is 1. The number of benzene rings is 1. The summed E-state index contributed by atoms with van der Waals surface area (Å²) in [6.45, 7) is 6.54. The minimum absolute atomic E-state index is 0.0350. The summed E-state index contributed by atoms with van der Waals surface area (Å²) in [4.78, 5) is 13.4. The second-order valence-electron chi connectivity index (χ2n) is 7.45. The summed E-state index contributed by atoms with van der Waals surface area (Å²) in [7, 11) is 0. The van der Waals surface area contributed by atoms with Crippen molar-refractivity contribution in [3.05, 3.63) is 42.5 Å². The fraction of sp³-hybridized carbons (Fsp3) is 0.450. The molecule has 4 rings (SSSR count). The maximum atomic E-state index is 9.28. The van der Waals surface area contributed by atoms with Crippen molar-refractivity contribution in [1.29, 1.82) is 0 Å². The van der Waals surface area contributed by atoms with Gasteiger partial charge in [0, 0.05) is 11.5 Å². The summed E-state index contributed by atoms with van der Waals surface area (Å²) < 4.78 is 7.70. The molecule has 0 spiro atoms. The quantitative estimate of drug-likeness (QED) is 0.763. The molecule has 0 radical (unpaired) electrons. The first-order chi connectivity index (χ1) is 12.6. The van der Waals surface area contributed by atoms with E-state index in [0.29, 0.717) is 5.92 Å². The Morgan fingerprint density at radius 1 is 1.15 bits per heavy atom. The van der Waals surface area contributed by atoms with Gasteiger partial charge in [-0.2, -0.15) is 0 Å². The van der Waals surface area contributed by atoms with E-state index in [1.54, 1.807) is 12.7 Å². The van der Waals surface area contributed by atoms with Gasteiger partial charge in [0.2, 0.25) is 0 Å². The van der Waals surface area contributed by atoms with Crippen molar-refractivity contribution in [2.45, 2.75) is 39.5 Å². The number of aliphatic hydroxyl groups is 1. The molecule has 2 aromatic heterocycles. The first kappa shape index (κ1) is 17.1. The van der Waals surface area contributed by atoms with Gasteiger partial charge >= 0.3 is 0 Å². The van der Waals surface area contributed by atoms with Crippen molar-refractivity contribution in [2.24, 2.45) is 11.8 Å². The zero-order valence-corrected chi connectivity index (χ0v) is 15.3. The second-order valence-corrected chi connectivity index (χ2v) is 7.45. The number of nitrogens with zero attached hydrogens (tertiary/aromatic N) is 4. The van der Waals surface area contributed by atoms with Crippen molar-refractivity contribution in [3.63, 3.8) is 0 Å². The van der Waals surface area contributed by atoms with Gasteiger partial charge in [-0.1, -0.05) is 45.0 Å². The van der Waals surface area contributed by atoms with Crippen LogP contribution in [-0.4, -0.2) is 37.3 Å². The fourth-order valence-electron chi connectivity index (χ4n) is 3.57. The van der Waals surface area contributed by atoms with Crippen LogP contribution in [-0.2, 0) is 11.2 Å². The highest BCUT2D eigenvalue weighted by Crippen LogP contribution is 2.38. The van der Waals surface area contributed by atoms with E-state index in [-0.39, 0.29) is 24.9 Å². The zero-order chi connectivity index (χ0) is 18.3. The molecule has 0 aliphatic carbocycles. The van der Waals surface area contributed by atoms with Crippen LogP contribution in [0.15, 0.2) is 36.9 Å². The van der Waals surface area contributed by atoms with Crippen LogP contribution < -0.4 is 0 Å². The SMILES string of the molecule is CC(C)Cc1ccc(-c2ncnc3c2ncn3C2OC(CO)C2C)cc1. The lowest BCUT2D eigenvalue weighted by Gasteiger charge is -2.42. The molecule has 3 heterocycles. The fourth-order valence-corrected chi connectivity index (χ4v) is 3.57. The summed E-state index contributed by atoms with van der Waals surface area (Å²) in [6, 6.07) is 8.51. The monoisotopic (exact) mass is 352 g/mol. The molecule has 3 atom stereocenters. The van der Waals surface area contributed by atoms with Crippen molar-refractivity contribution in [1.82, 2.24) is 19.5 Å². The molecule has 26 heavy (non-hydrogen) atoms. The van der Waals surface area contributed by atoms with Crippen LogP contribution in [0.4, 0.5) is 0 Å². The third-order valence-corrected chi connectivity index (χ3v) is 5.03. The molecule has 6 heteroatoms. The highest BCUT2D eigenvalue weighted by Gasteiger charge is 2.40. The molecule has 1 aromatic carbocycles. The number of aliphatic hydroxyl groups excluding tert-OH is 1. The Morgan fingerprint density at radius 3 is 2.58 bits per heavy atom. The molecular weight excluding hydrogens is 328 g/mol. The van der Waals surface area contributed by atoms with Crippen LogP contribution in [0.5, 0.6) is 0 Å². The van der Waals surface area contributed by atoms with Crippen LogP contribution in [0.3, 0.4) is 0 Å². The van der Waals surface area contributed by atoms with Gasteiger partial charge in [-0.25, -0.2) is 15.0 Å². The molecule has 3 aromatic rings. The average Bonchev–Trinajstić information content (AvgIpc) is 3.05. The Morgan fingerprint density at radius 2 is 1.92 bits per heavy atom. The van der Waals surface area contributed by atoms with E-state index in [0.717, 1.165) is 28.8 Å². The van der Waals surface area contributed by atoms with E-state index in [1.807, 2.05) is 4.57 Å². The molecule has 1 aliphatic heterocycles. The maximum Gasteiger partial charge on any atom is 0.166 e. The molecular formula is C20H24N4O2. The smallest absolute Gasteiger partial charge is 0.166 e. The van der Waals surface area contributed by atoms with Crippen molar-refractivity contribution >= 4 is 11.2 Å². The molecule has 0 saturated carbocycles. The van der Waals surface area contributed by atoms with E-state index < -0.39 is 0 Å². The number of aromatic nitrogens is 4. The van der Waals surface area contributed by atoms with Crippen molar-refractivity contribution < 1.29 is 9.84 Å². The molecule has 136 valence electrons. The van der Waals surface area contributed by atoms with Crippen molar-refractivity contribution in [3.8, 4) is 11.3 Å². The standard InChI is InChI=1S/C20H24N4O2/c1-12(2)8-14-4-6-15(7-5-14)17-18-19(22-10-21-17)24(11-23-18)20-13(3)16(9-25)26-20/h4-7,10-13,16,20,25H,8-9H2,1-3H3.